The molecule has 0 aliphatic rings. The van der Waals surface area contributed by atoms with Gasteiger partial charge >= 0.3 is 11.8 Å². The molecule has 0 bridgehead atoms. The van der Waals surface area contributed by atoms with Gasteiger partial charge in [0, 0.05) is 12.6 Å². The molecule has 1 aromatic carbocycles. The van der Waals surface area contributed by atoms with Crippen LogP contribution in [-0.2, 0) is 16.1 Å². The van der Waals surface area contributed by atoms with Crippen LogP contribution in [0.25, 0.3) is 0 Å². The Balaban J connectivity index is 2.59. The first-order valence-electron chi connectivity index (χ1n) is 6.81. The van der Waals surface area contributed by atoms with Gasteiger partial charge in [0.25, 0.3) is 0 Å². The third kappa shape index (κ3) is 4.98. The van der Waals surface area contributed by atoms with Crippen molar-refractivity contribution >= 4 is 11.8 Å². The van der Waals surface area contributed by atoms with Crippen molar-refractivity contribution in [3.05, 3.63) is 23.8 Å². The molecule has 0 spiro atoms. The van der Waals surface area contributed by atoms with E-state index in [1.807, 2.05) is 13.8 Å². The first kappa shape index (κ1) is 16.8. The highest BCUT2D eigenvalue weighted by Crippen LogP contribution is 2.27. The second-order valence-corrected chi connectivity index (χ2v) is 4.65. The number of benzene rings is 1. The van der Waals surface area contributed by atoms with Crippen molar-refractivity contribution < 1.29 is 19.1 Å². The second kappa shape index (κ2) is 8.14. The topological polar surface area (TPSA) is 76.7 Å². The van der Waals surface area contributed by atoms with Crippen molar-refractivity contribution in [3.63, 3.8) is 0 Å². The lowest BCUT2D eigenvalue weighted by atomic mass is 10.2. The monoisotopic (exact) mass is 294 g/mol. The predicted octanol–water partition coefficient (Wildman–Crippen LogP) is 1.23. The molecule has 0 saturated heterocycles. The lowest BCUT2D eigenvalue weighted by Gasteiger charge is -2.12. The highest BCUT2D eigenvalue weighted by Gasteiger charge is 2.15. The van der Waals surface area contributed by atoms with E-state index >= 15 is 0 Å². The molecule has 0 aromatic heterocycles. The zero-order valence-corrected chi connectivity index (χ0v) is 12.9. The fourth-order valence-electron chi connectivity index (χ4n) is 1.64. The second-order valence-electron chi connectivity index (χ2n) is 4.65. The van der Waals surface area contributed by atoms with Gasteiger partial charge in [0.2, 0.25) is 0 Å². The summed E-state index contributed by atoms with van der Waals surface area (Å²) in [6, 6.07) is 5.28. The van der Waals surface area contributed by atoms with E-state index in [2.05, 4.69) is 10.6 Å². The van der Waals surface area contributed by atoms with Gasteiger partial charge in [0.1, 0.15) is 0 Å². The molecular formula is C15H22N2O4. The van der Waals surface area contributed by atoms with E-state index < -0.39 is 11.8 Å². The van der Waals surface area contributed by atoms with Crippen LogP contribution in [0.15, 0.2) is 18.2 Å². The van der Waals surface area contributed by atoms with Gasteiger partial charge in [0.15, 0.2) is 11.5 Å². The van der Waals surface area contributed by atoms with Gasteiger partial charge in [-0.25, -0.2) is 0 Å². The fourth-order valence-corrected chi connectivity index (χ4v) is 1.64. The molecule has 21 heavy (non-hydrogen) atoms. The van der Waals surface area contributed by atoms with E-state index in [1.54, 1.807) is 32.4 Å². The average Bonchev–Trinajstić information content (AvgIpc) is 2.51. The average molecular weight is 294 g/mol. The molecule has 1 unspecified atom stereocenters. The fraction of sp³-hybridized carbons (Fsp3) is 0.467. The molecule has 0 fully saturated rings. The van der Waals surface area contributed by atoms with Crippen molar-refractivity contribution in [3.8, 4) is 11.5 Å². The van der Waals surface area contributed by atoms with Crippen molar-refractivity contribution in [2.75, 3.05) is 14.2 Å². The molecular weight excluding hydrogens is 272 g/mol. The van der Waals surface area contributed by atoms with Gasteiger partial charge < -0.3 is 20.1 Å². The molecule has 1 aromatic rings. The Kier molecular flexibility index (Phi) is 6.52. The first-order valence-corrected chi connectivity index (χ1v) is 6.81. The van der Waals surface area contributed by atoms with Crippen molar-refractivity contribution in [2.24, 2.45) is 0 Å². The number of carbonyl (C=O) groups excluding carboxylic acids is 2. The molecule has 0 heterocycles. The Morgan fingerprint density at radius 1 is 1.14 bits per heavy atom. The number of nitrogens with one attached hydrogen (secondary N) is 2. The smallest absolute Gasteiger partial charge is 0.309 e. The van der Waals surface area contributed by atoms with Crippen LogP contribution in [0.5, 0.6) is 11.5 Å². The summed E-state index contributed by atoms with van der Waals surface area (Å²) >= 11 is 0. The van der Waals surface area contributed by atoms with Gasteiger partial charge in [-0.1, -0.05) is 13.0 Å². The summed E-state index contributed by atoms with van der Waals surface area (Å²) in [6.45, 7) is 4.03. The molecule has 1 rings (SSSR count). The molecule has 1 atom stereocenters. The predicted molar refractivity (Wildman–Crippen MR) is 79.3 cm³/mol. The maximum atomic E-state index is 11.7. The molecule has 2 amide bonds. The molecule has 0 saturated carbocycles. The minimum atomic E-state index is -0.648. The van der Waals surface area contributed by atoms with E-state index in [1.165, 1.54) is 0 Å². The maximum Gasteiger partial charge on any atom is 0.309 e. The normalized spacial score (nSPS) is 11.4. The van der Waals surface area contributed by atoms with E-state index in [9.17, 15) is 9.59 Å². The molecule has 116 valence electrons. The zero-order chi connectivity index (χ0) is 15.8. The number of rotatable bonds is 6. The van der Waals surface area contributed by atoms with Gasteiger partial charge in [-0.3, -0.25) is 9.59 Å². The molecule has 0 aliphatic heterocycles. The van der Waals surface area contributed by atoms with Crippen molar-refractivity contribution in [1.29, 1.82) is 0 Å². The number of methoxy groups -OCH3 is 2. The van der Waals surface area contributed by atoms with Crippen LogP contribution in [0.2, 0.25) is 0 Å². The third-order valence-electron chi connectivity index (χ3n) is 3.10. The van der Waals surface area contributed by atoms with Crippen LogP contribution in [0.3, 0.4) is 0 Å². The molecule has 0 radical (unpaired) electrons. The Hall–Kier alpha value is -2.24. The minimum Gasteiger partial charge on any atom is -0.493 e. The minimum absolute atomic E-state index is 0.0238. The standard InChI is InChI=1S/C15H22N2O4/c1-5-10(2)17-15(19)14(18)16-9-11-6-7-12(20-3)13(8-11)21-4/h6-8,10H,5,9H2,1-4H3,(H,16,18)(H,17,19). The van der Waals surface area contributed by atoms with E-state index in [0.717, 1.165) is 12.0 Å². The summed E-state index contributed by atoms with van der Waals surface area (Å²) in [5, 5.41) is 5.18. The summed E-state index contributed by atoms with van der Waals surface area (Å²) in [4.78, 5) is 23.3. The molecule has 0 aliphatic carbocycles. The van der Waals surface area contributed by atoms with E-state index in [0.29, 0.717) is 11.5 Å². The molecule has 6 heteroatoms. The maximum absolute atomic E-state index is 11.7. The van der Waals surface area contributed by atoms with Crippen LogP contribution in [-0.4, -0.2) is 32.1 Å². The first-order chi connectivity index (χ1) is 10.0. The van der Waals surface area contributed by atoms with Crippen molar-refractivity contribution in [1.82, 2.24) is 10.6 Å². The van der Waals surface area contributed by atoms with Gasteiger partial charge in [-0.2, -0.15) is 0 Å². The van der Waals surface area contributed by atoms with Crippen LogP contribution in [0, 0.1) is 0 Å². The summed E-state index contributed by atoms with van der Waals surface area (Å²) < 4.78 is 10.3. The molecule has 6 nitrogen and oxygen atoms in total. The van der Waals surface area contributed by atoms with E-state index in [-0.39, 0.29) is 12.6 Å². The zero-order valence-electron chi connectivity index (χ0n) is 12.9. The number of carbonyl (C=O) groups is 2. The third-order valence-corrected chi connectivity index (χ3v) is 3.10. The van der Waals surface area contributed by atoms with Crippen LogP contribution < -0.4 is 20.1 Å². The Bertz CT molecular complexity index is 502. The van der Waals surface area contributed by atoms with E-state index in [4.69, 9.17) is 9.47 Å². The van der Waals surface area contributed by atoms with Gasteiger partial charge in [0.05, 0.1) is 14.2 Å². The number of ether oxygens (including phenoxy) is 2. The van der Waals surface area contributed by atoms with Crippen molar-refractivity contribution in [2.45, 2.75) is 32.9 Å². The highest BCUT2D eigenvalue weighted by atomic mass is 16.5. The number of hydrogen-bond donors (Lipinski definition) is 2. The SMILES string of the molecule is CCC(C)NC(=O)C(=O)NCc1ccc(OC)c(OC)c1. The quantitative estimate of drug-likeness (QED) is 0.774. The lowest BCUT2D eigenvalue weighted by Crippen LogP contribution is -2.43. The summed E-state index contributed by atoms with van der Waals surface area (Å²) in [5.41, 5.74) is 0.817. The Morgan fingerprint density at radius 2 is 1.81 bits per heavy atom. The number of amides is 2. The Labute approximate surface area is 124 Å². The summed E-state index contributed by atoms with van der Waals surface area (Å²) in [6.07, 6.45) is 0.773. The van der Waals surface area contributed by atoms with Crippen LogP contribution in [0.4, 0.5) is 0 Å². The summed E-state index contributed by atoms with van der Waals surface area (Å²) in [7, 11) is 3.10. The summed E-state index contributed by atoms with van der Waals surface area (Å²) in [5.74, 6) is -0.0784. The van der Waals surface area contributed by atoms with Gasteiger partial charge in [-0.05, 0) is 31.0 Å². The van der Waals surface area contributed by atoms with Crippen LogP contribution in [0.1, 0.15) is 25.8 Å². The van der Waals surface area contributed by atoms with Crippen LogP contribution >= 0.6 is 0 Å². The largest absolute Gasteiger partial charge is 0.493 e. The Morgan fingerprint density at radius 3 is 2.38 bits per heavy atom. The number of hydrogen-bond acceptors (Lipinski definition) is 4. The lowest BCUT2D eigenvalue weighted by molar-refractivity contribution is -0.139. The molecule has 2 N–H and O–H groups in total. The van der Waals surface area contributed by atoms with Gasteiger partial charge in [-0.15, -0.1) is 0 Å². The highest BCUT2D eigenvalue weighted by molar-refractivity contribution is 6.35.